The number of imidazole rings is 1. The predicted molar refractivity (Wildman–Crippen MR) is 223 cm³/mol. The number of amides is 1. The first-order valence-corrected chi connectivity index (χ1v) is 19.2. The SMILES string of the molecule is C=CC(=O)N(C)c1nc(CCCC)n(Cc2ccc(-c3ccccc3-c3nnnn3C(c3ccccc3)(c3ccccc3)c3ccccc3)cc2)c1C(=O)OCC. The molecule has 0 aliphatic carbocycles. The number of hydrogen-bond donors (Lipinski definition) is 0. The second kappa shape index (κ2) is 17.2. The lowest BCUT2D eigenvalue weighted by molar-refractivity contribution is -0.113. The maximum absolute atomic E-state index is 13.5. The predicted octanol–water partition coefficient (Wildman–Crippen LogP) is 8.76. The molecule has 10 heteroatoms. The molecule has 0 aliphatic rings. The van der Waals surface area contributed by atoms with Gasteiger partial charge >= 0.3 is 5.97 Å². The number of carbonyl (C=O) groups is 2. The van der Waals surface area contributed by atoms with E-state index in [-0.39, 0.29) is 24.0 Å². The number of hydrogen-bond acceptors (Lipinski definition) is 7. The second-order valence-electron chi connectivity index (χ2n) is 13.7. The number of tetrazole rings is 1. The van der Waals surface area contributed by atoms with Crippen LogP contribution in [0.4, 0.5) is 5.82 Å². The Bertz CT molecular complexity index is 2360. The minimum atomic E-state index is -0.903. The molecule has 0 fully saturated rings. The van der Waals surface area contributed by atoms with E-state index in [4.69, 9.17) is 20.0 Å². The molecule has 57 heavy (non-hydrogen) atoms. The number of likely N-dealkylation sites (N-methyl/N-ethyl adjacent to an activating group) is 1. The monoisotopic (exact) mass is 755 g/mol. The van der Waals surface area contributed by atoms with Gasteiger partial charge < -0.3 is 9.30 Å². The highest BCUT2D eigenvalue weighted by Crippen LogP contribution is 2.43. The van der Waals surface area contributed by atoms with Gasteiger partial charge in [-0.2, -0.15) is 0 Å². The van der Waals surface area contributed by atoms with Crippen LogP contribution in [0.5, 0.6) is 0 Å². The third-order valence-corrected chi connectivity index (χ3v) is 10.2. The van der Waals surface area contributed by atoms with Crippen molar-refractivity contribution in [2.75, 3.05) is 18.6 Å². The van der Waals surface area contributed by atoms with Crippen LogP contribution in [-0.4, -0.2) is 55.3 Å². The Morgan fingerprint density at radius 3 is 1.88 bits per heavy atom. The zero-order valence-corrected chi connectivity index (χ0v) is 32.5. The Kier molecular flexibility index (Phi) is 11.6. The van der Waals surface area contributed by atoms with E-state index in [9.17, 15) is 9.59 Å². The number of nitrogens with zero attached hydrogens (tertiary/aromatic N) is 7. The van der Waals surface area contributed by atoms with Gasteiger partial charge in [-0.15, -0.1) is 5.10 Å². The lowest BCUT2D eigenvalue weighted by atomic mass is 9.77. The Balaban J connectivity index is 1.32. The number of esters is 1. The number of ether oxygens (including phenoxy) is 1. The third kappa shape index (κ3) is 7.41. The molecule has 0 N–H and O–H groups in total. The van der Waals surface area contributed by atoms with Gasteiger partial charge in [-0.05, 0) is 63.2 Å². The summed E-state index contributed by atoms with van der Waals surface area (Å²) in [5.74, 6) is 0.668. The maximum Gasteiger partial charge on any atom is 0.358 e. The Labute approximate surface area is 333 Å². The molecular formula is C47H45N7O3. The molecule has 0 spiro atoms. The van der Waals surface area contributed by atoms with Gasteiger partial charge in [0.15, 0.2) is 17.3 Å². The topological polar surface area (TPSA) is 108 Å². The average molecular weight is 756 g/mol. The Morgan fingerprint density at radius 2 is 1.33 bits per heavy atom. The summed E-state index contributed by atoms with van der Waals surface area (Å²) in [6.45, 7) is 8.03. The van der Waals surface area contributed by atoms with Gasteiger partial charge in [-0.3, -0.25) is 9.69 Å². The molecule has 0 saturated heterocycles. The van der Waals surface area contributed by atoms with Gasteiger partial charge in [-0.25, -0.2) is 14.5 Å². The summed E-state index contributed by atoms with van der Waals surface area (Å²) in [7, 11) is 1.59. The van der Waals surface area contributed by atoms with Crippen LogP contribution in [0.3, 0.4) is 0 Å². The van der Waals surface area contributed by atoms with Crippen molar-refractivity contribution in [1.29, 1.82) is 0 Å². The Morgan fingerprint density at radius 1 is 0.772 bits per heavy atom. The molecule has 0 bridgehead atoms. The lowest BCUT2D eigenvalue weighted by Crippen LogP contribution is -2.39. The molecule has 0 unspecified atom stereocenters. The fourth-order valence-corrected chi connectivity index (χ4v) is 7.45. The zero-order chi connectivity index (χ0) is 39.8. The molecule has 7 aromatic rings. The molecule has 7 rings (SSSR count). The van der Waals surface area contributed by atoms with E-state index < -0.39 is 11.5 Å². The van der Waals surface area contributed by atoms with Crippen LogP contribution in [0, 0.1) is 0 Å². The Hall–Kier alpha value is -6.94. The minimum absolute atomic E-state index is 0.188. The molecule has 0 radical (unpaired) electrons. The van der Waals surface area contributed by atoms with Crippen molar-refractivity contribution in [3.63, 3.8) is 0 Å². The molecule has 0 atom stereocenters. The normalized spacial score (nSPS) is 11.3. The van der Waals surface area contributed by atoms with Crippen LogP contribution in [0.25, 0.3) is 22.5 Å². The fraction of sp³-hybridized carbons (Fsp3) is 0.191. The van der Waals surface area contributed by atoms with Crippen LogP contribution in [0.15, 0.2) is 152 Å². The quantitative estimate of drug-likeness (QED) is 0.0585. The first kappa shape index (κ1) is 38.3. The average Bonchev–Trinajstić information content (AvgIpc) is 3.90. The summed E-state index contributed by atoms with van der Waals surface area (Å²) in [6, 6.07) is 47.4. The van der Waals surface area contributed by atoms with E-state index >= 15 is 0 Å². The molecule has 2 heterocycles. The third-order valence-electron chi connectivity index (χ3n) is 10.2. The molecule has 2 aromatic heterocycles. The highest BCUT2D eigenvalue weighted by Gasteiger charge is 2.42. The maximum atomic E-state index is 13.5. The van der Waals surface area contributed by atoms with E-state index in [2.05, 4.69) is 79.4 Å². The summed E-state index contributed by atoms with van der Waals surface area (Å²) in [4.78, 5) is 32.3. The first-order chi connectivity index (χ1) is 27.9. The lowest BCUT2D eigenvalue weighted by Gasteiger charge is -2.36. The van der Waals surface area contributed by atoms with E-state index in [1.165, 1.54) is 11.0 Å². The van der Waals surface area contributed by atoms with Crippen molar-refractivity contribution < 1.29 is 14.3 Å². The summed E-state index contributed by atoms with van der Waals surface area (Å²) >= 11 is 0. The molecule has 5 aromatic carbocycles. The van der Waals surface area contributed by atoms with Crippen molar-refractivity contribution in [3.05, 3.63) is 186 Å². The fourth-order valence-electron chi connectivity index (χ4n) is 7.45. The van der Waals surface area contributed by atoms with Crippen molar-refractivity contribution >= 4 is 17.7 Å². The number of carbonyl (C=O) groups excluding carboxylic acids is 2. The van der Waals surface area contributed by atoms with Crippen molar-refractivity contribution in [3.8, 4) is 22.5 Å². The molecule has 286 valence electrons. The van der Waals surface area contributed by atoms with Crippen LogP contribution in [0.1, 0.15) is 65.3 Å². The summed E-state index contributed by atoms with van der Waals surface area (Å²) in [5.41, 5.74) is 6.11. The van der Waals surface area contributed by atoms with Crippen molar-refractivity contribution in [2.24, 2.45) is 0 Å². The summed E-state index contributed by atoms with van der Waals surface area (Å²) in [5, 5.41) is 13.8. The van der Waals surface area contributed by atoms with E-state index in [0.717, 1.165) is 51.8 Å². The second-order valence-corrected chi connectivity index (χ2v) is 13.7. The van der Waals surface area contributed by atoms with Crippen LogP contribution >= 0.6 is 0 Å². The smallest absolute Gasteiger partial charge is 0.358 e. The van der Waals surface area contributed by atoms with E-state index in [1.807, 2.05) is 88.1 Å². The number of anilines is 1. The molecular weight excluding hydrogens is 711 g/mol. The van der Waals surface area contributed by atoms with Gasteiger partial charge in [0.05, 0.1) is 6.61 Å². The number of unbranched alkanes of at least 4 members (excludes halogenated alkanes) is 1. The zero-order valence-electron chi connectivity index (χ0n) is 32.5. The highest BCUT2D eigenvalue weighted by molar-refractivity contribution is 6.04. The van der Waals surface area contributed by atoms with Crippen LogP contribution in [-0.2, 0) is 28.0 Å². The summed E-state index contributed by atoms with van der Waals surface area (Å²) in [6.07, 6.45) is 3.65. The van der Waals surface area contributed by atoms with Gasteiger partial charge in [0.25, 0.3) is 5.91 Å². The van der Waals surface area contributed by atoms with Crippen LogP contribution in [0.2, 0.25) is 0 Å². The number of rotatable bonds is 15. The van der Waals surface area contributed by atoms with E-state index in [1.54, 1.807) is 14.0 Å². The minimum Gasteiger partial charge on any atom is -0.461 e. The van der Waals surface area contributed by atoms with E-state index in [0.29, 0.717) is 24.6 Å². The van der Waals surface area contributed by atoms with Crippen LogP contribution < -0.4 is 4.90 Å². The standard InChI is InChI=1S/C47H45N7O3/c1-5-8-28-41-48-45(52(4)42(55)6-2)43(46(56)57-7-3)53(41)33-34-29-31-35(32-30-34)39-26-18-19-27-40(39)44-49-50-51-54(44)47(36-20-12-9-13-21-36,37-22-14-10-15-23-37)38-24-16-11-17-25-38/h6,9-27,29-32H,2,5,7-8,28,33H2,1,3-4H3. The molecule has 0 saturated carbocycles. The number of benzene rings is 5. The van der Waals surface area contributed by atoms with Gasteiger partial charge in [0, 0.05) is 25.6 Å². The molecule has 1 amide bonds. The first-order valence-electron chi connectivity index (χ1n) is 19.2. The van der Waals surface area contributed by atoms with Crippen molar-refractivity contribution in [2.45, 2.75) is 45.2 Å². The summed E-state index contributed by atoms with van der Waals surface area (Å²) < 4.78 is 9.31. The van der Waals surface area contributed by atoms with Gasteiger partial charge in [-0.1, -0.05) is 159 Å². The molecule has 0 aliphatic heterocycles. The molecule has 10 nitrogen and oxygen atoms in total. The largest absolute Gasteiger partial charge is 0.461 e. The number of aromatic nitrogens is 6. The van der Waals surface area contributed by atoms with Gasteiger partial charge in [0.1, 0.15) is 11.4 Å². The van der Waals surface area contributed by atoms with Gasteiger partial charge in [0.2, 0.25) is 0 Å². The van der Waals surface area contributed by atoms with Crippen molar-refractivity contribution in [1.82, 2.24) is 29.8 Å². The number of aryl methyl sites for hydroxylation is 1. The highest BCUT2D eigenvalue weighted by atomic mass is 16.5.